The van der Waals surface area contributed by atoms with Crippen LogP contribution in [0.5, 0.6) is 0 Å². The molecule has 0 unspecified atom stereocenters. The van der Waals surface area contributed by atoms with E-state index < -0.39 is 0 Å². The number of hydrogen-bond donors (Lipinski definition) is 3. The van der Waals surface area contributed by atoms with Crippen LogP contribution < -0.4 is 11.1 Å². The number of nitrogens with one attached hydrogen (secondary N) is 2. The summed E-state index contributed by atoms with van der Waals surface area (Å²) in [7, 11) is 0. The maximum atomic E-state index is 7.35. The molecule has 0 aromatic rings. The number of hydrogen-bond acceptors (Lipinski definition) is 3. The molecule has 0 aromatic carbocycles. The summed E-state index contributed by atoms with van der Waals surface area (Å²) in [5, 5.41) is 10.6. The van der Waals surface area contributed by atoms with Crippen molar-refractivity contribution in [3.05, 3.63) is 23.5 Å². The van der Waals surface area contributed by atoms with E-state index in [4.69, 9.17) is 11.1 Å². The smallest absolute Gasteiger partial charge is 0.0349 e. The van der Waals surface area contributed by atoms with Gasteiger partial charge in [0.05, 0.1) is 0 Å². The first kappa shape index (κ1) is 12.8. The summed E-state index contributed by atoms with van der Waals surface area (Å²) in [6.07, 6.45) is 4.25. The second kappa shape index (κ2) is 6.24. The largest absolute Gasteiger partial charge is 0.404 e. The van der Waals surface area contributed by atoms with Crippen LogP contribution in [0, 0.1) is 5.41 Å². The van der Waals surface area contributed by atoms with Crippen LogP contribution in [0.15, 0.2) is 23.5 Å². The number of rotatable bonds is 5. The molecule has 0 radical (unpaired) electrons. The highest BCUT2D eigenvalue weighted by Gasteiger charge is 2.01. The van der Waals surface area contributed by atoms with Gasteiger partial charge in [-0.05, 0) is 39.5 Å². The first-order valence-corrected chi connectivity index (χ1v) is 4.87. The highest BCUT2D eigenvalue weighted by molar-refractivity contribution is 5.80. The molecule has 0 aliphatic heterocycles. The molecule has 0 aliphatic rings. The Balaban J connectivity index is 4.54. The van der Waals surface area contributed by atoms with Gasteiger partial charge < -0.3 is 16.5 Å². The van der Waals surface area contributed by atoms with Gasteiger partial charge in [-0.15, -0.1) is 0 Å². The molecule has 14 heavy (non-hydrogen) atoms. The lowest BCUT2D eigenvalue weighted by atomic mass is 10.1. The predicted molar refractivity (Wildman–Crippen MR) is 62.3 cm³/mol. The minimum atomic E-state index is 0.377. The summed E-state index contributed by atoms with van der Waals surface area (Å²) in [5.74, 6) is 0. The van der Waals surface area contributed by atoms with Crippen molar-refractivity contribution < 1.29 is 0 Å². The minimum Gasteiger partial charge on any atom is -0.404 e. The third kappa shape index (κ3) is 5.41. The summed E-state index contributed by atoms with van der Waals surface area (Å²) in [5.41, 5.74) is 8.15. The first-order chi connectivity index (χ1) is 6.47. The van der Waals surface area contributed by atoms with Crippen LogP contribution in [-0.2, 0) is 0 Å². The third-order valence-corrected chi connectivity index (χ3v) is 1.73. The molecule has 3 nitrogen and oxygen atoms in total. The molecular formula is C11H21N3. The average molecular weight is 195 g/mol. The molecule has 0 rings (SSSR count). The van der Waals surface area contributed by atoms with Crippen molar-refractivity contribution in [2.24, 2.45) is 5.73 Å². The molecule has 0 fully saturated rings. The maximum absolute atomic E-state index is 7.35. The van der Waals surface area contributed by atoms with Crippen molar-refractivity contribution in [3.63, 3.8) is 0 Å². The van der Waals surface area contributed by atoms with Crippen molar-refractivity contribution >= 4 is 5.71 Å². The fraction of sp³-hybridized carbons (Fsp3) is 0.545. The van der Waals surface area contributed by atoms with Crippen LogP contribution in [0.2, 0.25) is 0 Å². The summed E-state index contributed by atoms with van der Waals surface area (Å²) < 4.78 is 0. The second-order valence-corrected chi connectivity index (χ2v) is 3.75. The zero-order valence-corrected chi connectivity index (χ0v) is 9.52. The highest BCUT2D eigenvalue weighted by atomic mass is 14.9. The van der Waals surface area contributed by atoms with Crippen LogP contribution >= 0.6 is 0 Å². The van der Waals surface area contributed by atoms with E-state index >= 15 is 0 Å². The Labute approximate surface area is 86.6 Å². The molecule has 0 aliphatic carbocycles. The third-order valence-electron chi connectivity index (χ3n) is 1.73. The van der Waals surface area contributed by atoms with Crippen LogP contribution in [0.4, 0.5) is 0 Å². The van der Waals surface area contributed by atoms with Gasteiger partial charge in [0.2, 0.25) is 0 Å². The number of nitrogens with two attached hydrogens (primary N) is 1. The zero-order chi connectivity index (χ0) is 11.1. The van der Waals surface area contributed by atoms with E-state index in [-0.39, 0.29) is 0 Å². The van der Waals surface area contributed by atoms with E-state index in [1.54, 1.807) is 13.1 Å². The van der Waals surface area contributed by atoms with Crippen LogP contribution in [0.3, 0.4) is 0 Å². The van der Waals surface area contributed by atoms with Gasteiger partial charge in [-0.2, -0.15) is 0 Å². The maximum Gasteiger partial charge on any atom is 0.0349 e. The standard InChI is InChI=1S/C11H21N3/c1-8(2)14-11(9(3)7-12)6-5-10(4)13/h6-8,13-14H,5,12H2,1-4H3/b9-7+,11-6-,13-10?. The molecule has 0 atom stereocenters. The minimum absolute atomic E-state index is 0.377. The molecule has 0 heterocycles. The van der Waals surface area contributed by atoms with Gasteiger partial charge in [0, 0.05) is 23.9 Å². The van der Waals surface area contributed by atoms with Gasteiger partial charge in [0.25, 0.3) is 0 Å². The zero-order valence-electron chi connectivity index (χ0n) is 9.52. The fourth-order valence-corrected chi connectivity index (χ4v) is 0.990. The lowest BCUT2D eigenvalue weighted by Crippen LogP contribution is -2.23. The lowest BCUT2D eigenvalue weighted by molar-refractivity contribution is 0.672. The van der Waals surface area contributed by atoms with E-state index in [2.05, 4.69) is 19.2 Å². The molecule has 0 amide bonds. The first-order valence-electron chi connectivity index (χ1n) is 4.87. The van der Waals surface area contributed by atoms with Crippen LogP contribution in [-0.4, -0.2) is 11.8 Å². The fourth-order valence-electron chi connectivity index (χ4n) is 0.990. The molecule has 0 spiro atoms. The molecule has 0 saturated heterocycles. The van der Waals surface area contributed by atoms with Crippen molar-refractivity contribution in [1.29, 1.82) is 5.41 Å². The van der Waals surface area contributed by atoms with Crippen molar-refractivity contribution in [2.45, 2.75) is 40.2 Å². The highest BCUT2D eigenvalue weighted by Crippen LogP contribution is 2.06. The predicted octanol–water partition coefficient (Wildman–Crippen LogP) is 2.16. The van der Waals surface area contributed by atoms with Crippen LogP contribution in [0.1, 0.15) is 34.1 Å². The molecule has 0 saturated carbocycles. The molecular weight excluding hydrogens is 174 g/mol. The molecule has 4 N–H and O–H groups in total. The summed E-state index contributed by atoms with van der Waals surface area (Å²) >= 11 is 0. The molecule has 3 heteroatoms. The normalized spacial score (nSPS) is 13.2. The van der Waals surface area contributed by atoms with Gasteiger partial charge in [0.15, 0.2) is 0 Å². The van der Waals surface area contributed by atoms with E-state index in [1.807, 2.05) is 13.0 Å². The van der Waals surface area contributed by atoms with Gasteiger partial charge in [-0.3, -0.25) is 0 Å². The number of allylic oxidation sites excluding steroid dienone is 2. The van der Waals surface area contributed by atoms with E-state index in [9.17, 15) is 0 Å². The van der Waals surface area contributed by atoms with Gasteiger partial charge in [0.1, 0.15) is 0 Å². The van der Waals surface area contributed by atoms with Crippen LogP contribution in [0.25, 0.3) is 0 Å². The van der Waals surface area contributed by atoms with E-state index in [0.717, 1.165) is 11.3 Å². The Morgan fingerprint density at radius 2 is 2.00 bits per heavy atom. The van der Waals surface area contributed by atoms with Crippen molar-refractivity contribution in [3.8, 4) is 0 Å². The topological polar surface area (TPSA) is 61.9 Å². The quantitative estimate of drug-likeness (QED) is 0.465. The SMILES string of the molecule is CC(=N)C/C=C(NC(C)C)/C(C)=C/N. The average Bonchev–Trinajstić information content (AvgIpc) is 2.10. The second-order valence-electron chi connectivity index (χ2n) is 3.75. The molecule has 0 aromatic heterocycles. The monoisotopic (exact) mass is 195 g/mol. The van der Waals surface area contributed by atoms with Gasteiger partial charge in [-0.1, -0.05) is 6.08 Å². The Hall–Kier alpha value is -1.25. The van der Waals surface area contributed by atoms with E-state index in [1.165, 1.54) is 0 Å². The Morgan fingerprint density at radius 3 is 2.36 bits per heavy atom. The van der Waals surface area contributed by atoms with Crippen molar-refractivity contribution in [2.75, 3.05) is 0 Å². The van der Waals surface area contributed by atoms with E-state index in [0.29, 0.717) is 18.2 Å². The Kier molecular flexibility index (Phi) is 5.68. The Bertz CT molecular complexity index is 249. The lowest BCUT2D eigenvalue weighted by Gasteiger charge is -2.14. The Morgan fingerprint density at radius 1 is 1.43 bits per heavy atom. The van der Waals surface area contributed by atoms with Crippen molar-refractivity contribution in [1.82, 2.24) is 5.32 Å². The molecule has 0 bridgehead atoms. The summed E-state index contributed by atoms with van der Waals surface area (Å²) in [6.45, 7) is 7.91. The van der Waals surface area contributed by atoms with Gasteiger partial charge in [-0.25, -0.2) is 0 Å². The summed E-state index contributed by atoms with van der Waals surface area (Å²) in [4.78, 5) is 0. The summed E-state index contributed by atoms with van der Waals surface area (Å²) in [6, 6.07) is 0.377. The van der Waals surface area contributed by atoms with Gasteiger partial charge >= 0.3 is 0 Å². The molecule has 80 valence electrons.